The number of methoxy groups -OCH3 is 1. The fourth-order valence-electron chi connectivity index (χ4n) is 2.58. The molecule has 1 aromatic rings. The lowest BCUT2D eigenvalue weighted by molar-refractivity contribution is 0.123. The largest absolute Gasteiger partial charge is 0.497 e. The molecule has 4 heteroatoms. The van der Waals surface area contributed by atoms with Gasteiger partial charge in [0.2, 0.25) is 0 Å². The lowest BCUT2D eigenvalue weighted by atomic mass is 9.91. The van der Waals surface area contributed by atoms with Crippen LogP contribution < -0.4 is 4.74 Å². The van der Waals surface area contributed by atoms with E-state index in [0.29, 0.717) is 19.0 Å². The fraction of sp³-hybridized carbons (Fsp3) is 0.533. The molecule has 0 bridgehead atoms. The van der Waals surface area contributed by atoms with Crippen LogP contribution in [0.2, 0.25) is 0 Å². The zero-order valence-corrected chi connectivity index (χ0v) is 11.3. The van der Waals surface area contributed by atoms with E-state index in [9.17, 15) is 4.79 Å². The van der Waals surface area contributed by atoms with Crippen LogP contribution in [0.15, 0.2) is 24.3 Å². The maximum atomic E-state index is 10.8. The van der Waals surface area contributed by atoms with E-state index in [4.69, 9.17) is 9.84 Å². The second-order valence-corrected chi connectivity index (χ2v) is 5.10. The molecule has 1 aromatic carbocycles. The summed E-state index contributed by atoms with van der Waals surface area (Å²) in [4.78, 5) is 12.3. The van der Waals surface area contributed by atoms with E-state index in [-0.39, 0.29) is 0 Å². The van der Waals surface area contributed by atoms with Crippen molar-refractivity contribution in [1.82, 2.24) is 4.90 Å². The highest BCUT2D eigenvalue weighted by atomic mass is 16.5. The van der Waals surface area contributed by atoms with Crippen molar-refractivity contribution in [2.24, 2.45) is 5.92 Å². The third-order valence-corrected chi connectivity index (χ3v) is 3.89. The minimum Gasteiger partial charge on any atom is -0.497 e. The van der Waals surface area contributed by atoms with Gasteiger partial charge in [0.05, 0.1) is 7.11 Å². The number of hydrogen-bond donors (Lipinski definition) is 1. The number of carboxylic acid groups (broad SMARTS) is 1. The molecule has 0 spiro atoms. The molecule has 1 aliphatic heterocycles. The molecule has 0 saturated carbocycles. The Morgan fingerprint density at radius 3 is 2.47 bits per heavy atom. The molecular weight excluding hydrogens is 242 g/mol. The molecule has 1 amide bonds. The summed E-state index contributed by atoms with van der Waals surface area (Å²) in [5.41, 5.74) is 1.32. The normalized spacial score (nSPS) is 16.4. The van der Waals surface area contributed by atoms with Crippen molar-refractivity contribution >= 4 is 6.09 Å². The van der Waals surface area contributed by atoms with Crippen LogP contribution >= 0.6 is 0 Å². The van der Waals surface area contributed by atoms with Crippen LogP contribution in [0, 0.1) is 5.92 Å². The van der Waals surface area contributed by atoms with Gasteiger partial charge in [-0.15, -0.1) is 0 Å². The Bertz CT molecular complexity index is 408. The minimum absolute atomic E-state index is 0.651. The summed E-state index contributed by atoms with van der Waals surface area (Å²) < 4.78 is 5.14. The summed E-state index contributed by atoms with van der Waals surface area (Å²) >= 11 is 0. The highest BCUT2D eigenvalue weighted by molar-refractivity contribution is 5.64. The molecule has 104 valence electrons. The SMILES string of the molecule is COc1ccc(CCC2CCN(C(=O)O)CC2)cc1. The van der Waals surface area contributed by atoms with Crippen molar-refractivity contribution in [1.29, 1.82) is 0 Å². The zero-order chi connectivity index (χ0) is 13.7. The predicted molar refractivity (Wildman–Crippen MR) is 73.6 cm³/mol. The number of amides is 1. The number of hydrogen-bond acceptors (Lipinski definition) is 2. The Hall–Kier alpha value is -1.71. The van der Waals surface area contributed by atoms with E-state index in [2.05, 4.69) is 12.1 Å². The first kappa shape index (κ1) is 13.7. The van der Waals surface area contributed by atoms with Crippen molar-refractivity contribution in [2.45, 2.75) is 25.7 Å². The highest BCUT2D eigenvalue weighted by Crippen LogP contribution is 2.23. The van der Waals surface area contributed by atoms with Crippen LogP contribution in [0.3, 0.4) is 0 Å². The van der Waals surface area contributed by atoms with E-state index < -0.39 is 6.09 Å². The topological polar surface area (TPSA) is 49.8 Å². The summed E-state index contributed by atoms with van der Waals surface area (Å²) in [7, 11) is 1.67. The monoisotopic (exact) mass is 263 g/mol. The molecule has 2 rings (SSSR count). The van der Waals surface area contributed by atoms with Crippen LogP contribution in [0.1, 0.15) is 24.8 Å². The molecule has 0 aliphatic carbocycles. The van der Waals surface area contributed by atoms with Crippen LogP contribution in [0.25, 0.3) is 0 Å². The molecule has 0 atom stereocenters. The van der Waals surface area contributed by atoms with Gasteiger partial charge < -0.3 is 14.7 Å². The van der Waals surface area contributed by atoms with E-state index in [1.54, 1.807) is 7.11 Å². The van der Waals surface area contributed by atoms with E-state index in [1.807, 2.05) is 12.1 Å². The van der Waals surface area contributed by atoms with Crippen LogP contribution in [0.5, 0.6) is 5.75 Å². The fourth-order valence-corrected chi connectivity index (χ4v) is 2.58. The van der Waals surface area contributed by atoms with Crippen molar-refractivity contribution < 1.29 is 14.6 Å². The Labute approximate surface area is 114 Å². The van der Waals surface area contributed by atoms with Gasteiger partial charge in [0.25, 0.3) is 0 Å². The second-order valence-electron chi connectivity index (χ2n) is 5.10. The average Bonchev–Trinajstić information content (AvgIpc) is 2.46. The molecular formula is C15H21NO3. The third kappa shape index (κ3) is 3.88. The Morgan fingerprint density at radius 1 is 1.32 bits per heavy atom. The number of aryl methyl sites for hydroxylation is 1. The van der Waals surface area contributed by atoms with Gasteiger partial charge in [-0.25, -0.2) is 4.79 Å². The van der Waals surface area contributed by atoms with Gasteiger partial charge in [-0.2, -0.15) is 0 Å². The van der Waals surface area contributed by atoms with Gasteiger partial charge in [0.15, 0.2) is 0 Å². The van der Waals surface area contributed by atoms with Crippen molar-refractivity contribution in [3.63, 3.8) is 0 Å². The quantitative estimate of drug-likeness (QED) is 0.908. The molecule has 1 fully saturated rings. The molecule has 0 unspecified atom stereocenters. The van der Waals surface area contributed by atoms with Crippen LogP contribution in [-0.4, -0.2) is 36.3 Å². The first-order chi connectivity index (χ1) is 9.19. The molecule has 4 nitrogen and oxygen atoms in total. The minimum atomic E-state index is -0.784. The molecule has 0 aromatic heterocycles. The Balaban J connectivity index is 1.75. The van der Waals surface area contributed by atoms with Gasteiger partial charge in [0.1, 0.15) is 5.75 Å². The van der Waals surface area contributed by atoms with Crippen molar-refractivity contribution in [3.8, 4) is 5.75 Å². The van der Waals surface area contributed by atoms with Crippen LogP contribution in [-0.2, 0) is 6.42 Å². The summed E-state index contributed by atoms with van der Waals surface area (Å²) in [6, 6.07) is 8.18. The maximum absolute atomic E-state index is 10.8. The number of carbonyl (C=O) groups is 1. The van der Waals surface area contributed by atoms with Crippen molar-refractivity contribution in [2.75, 3.05) is 20.2 Å². The number of piperidine rings is 1. The molecule has 1 heterocycles. The van der Waals surface area contributed by atoms with Gasteiger partial charge in [-0.05, 0) is 49.3 Å². The molecule has 19 heavy (non-hydrogen) atoms. The number of nitrogens with zero attached hydrogens (tertiary/aromatic N) is 1. The molecule has 0 radical (unpaired) electrons. The average molecular weight is 263 g/mol. The number of rotatable bonds is 4. The van der Waals surface area contributed by atoms with Gasteiger partial charge in [-0.3, -0.25) is 0 Å². The van der Waals surface area contributed by atoms with E-state index in [1.165, 1.54) is 10.5 Å². The molecule has 1 aliphatic rings. The summed E-state index contributed by atoms with van der Waals surface area (Å²) in [5, 5.41) is 8.90. The summed E-state index contributed by atoms with van der Waals surface area (Å²) in [6.07, 6.45) is 3.39. The Kier molecular flexibility index (Phi) is 4.66. The first-order valence-corrected chi connectivity index (χ1v) is 6.80. The molecule has 1 N–H and O–H groups in total. The second kappa shape index (κ2) is 6.45. The molecule has 1 saturated heterocycles. The zero-order valence-electron chi connectivity index (χ0n) is 11.3. The van der Waals surface area contributed by atoms with E-state index in [0.717, 1.165) is 31.4 Å². The summed E-state index contributed by atoms with van der Waals surface area (Å²) in [6.45, 7) is 1.37. The number of benzene rings is 1. The lowest BCUT2D eigenvalue weighted by Gasteiger charge is -2.29. The van der Waals surface area contributed by atoms with Gasteiger partial charge in [-0.1, -0.05) is 12.1 Å². The predicted octanol–water partition coefficient (Wildman–Crippen LogP) is 3.02. The van der Waals surface area contributed by atoms with Gasteiger partial charge >= 0.3 is 6.09 Å². The smallest absolute Gasteiger partial charge is 0.407 e. The first-order valence-electron chi connectivity index (χ1n) is 6.80. The van der Waals surface area contributed by atoms with Gasteiger partial charge in [0, 0.05) is 13.1 Å². The van der Waals surface area contributed by atoms with Crippen molar-refractivity contribution in [3.05, 3.63) is 29.8 Å². The summed E-state index contributed by atoms with van der Waals surface area (Å²) in [5.74, 6) is 1.54. The third-order valence-electron chi connectivity index (χ3n) is 3.89. The van der Waals surface area contributed by atoms with Crippen LogP contribution in [0.4, 0.5) is 4.79 Å². The number of ether oxygens (including phenoxy) is 1. The standard InChI is InChI=1S/C15H21NO3/c1-19-14-6-4-12(5-7-14)2-3-13-8-10-16(11-9-13)15(17)18/h4-7,13H,2-3,8-11H2,1H3,(H,17,18). The lowest BCUT2D eigenvalue weighted by Crippen LogP contribution is -2.37. The maximum Gasteiger partial charge on any atom is 0.407 e. The van der Waals surface area contributed by atoms with E-state index >= 15 is 0 Å². The number of likely N-dealkylation sites (tertiary alicyclic amines) is 1. The Morgan fingerprint density at radius 2 is 1.95 bits per heavy atom. The highest BCUT2D eigenvalue weighted by Gasteiger charge is 2.21.